The number of esters is 1. The number of hydrogen-bond acceptors (Lipinski definition) is 7. The summed E-state index contributed by atoms with van der Waals surface area (Å²) in [5.74, 6) is 0.588. The highest BCUT2D eigenvalue weighted by Crippen LogP contribution is 2.29. The Morgan fingerprint density at radius 1 is 0.844 bits per heavy atom. The highest BCUT2D eigenvalue weighted by Gasteiger charge is 2.24. The van der Waals surface area contributed by atoms with Crippen molar-refractivity contribution in [2.45, 2.75) is 60.2 Å². The van der Waals surface area contributed by atoms with Crippen LogP contribution in [-0.2, 0) is 29.2 Å². The maximum absolute atomic E-state index is 12.3. The summed E-state index contributed by atoms with van der Waals surface area (Å²) in [7, 11) is 0. The molecular weight excluding hydrogens is 564 g/mol. The molecule has 0 unspecified atom stereocenters. The van der Waals surface area contributed by atoms with Crippen molar-refractivity contribution in [2.75, 3.05) is 18.0 Å². The number of benzene rings is 3. The fourth-order valence-corrected chi connectivity index (χ4v) is 5.46. The van der Waals surface area contributed by atoms with Gasteiger partial charge in [0.2, 0.25) is 0 Å². The average molecular weight is 607 g/mol. The maximum Gasteiger partial charge on any atom is 0.311 e. The van der Waals surface area contributed by atoms with Crippen LogP contribution >= 0.6 is 0 Å². The van der Waals surface area contributed by atoms with Gasteiger partial charge < -0.3 is 20.1 Å². The van der Waals surface area contributed by atoms with Crippen LogP contribution in [0, 0.1) is 18.3 Å². The Bertz CT molecular complexity index is 1610. The van der Waals surface area contributed by atoms with Crippen molar-refractivity contribution in [2.24, 2.45) is 17.1 Å². The number of nitrogens with zero attached hydrogens (tertiary/aromatic N) is 3. The Balaban J connectivity index is 1.14. The molecule has 1 aliphatic rings. The fourth-order valence-electron chi connectivity index (χ4n) is 5.46. The summed E-state index contributed by atoms with van der Waals surface area (Å²) in [6.45, 7) is 9.86. The molecule has 234 valence electrons. The Kier molecular flexibility index (Phi) is 9.81. The predicted molar refractivity (Wildman–Crippen MR) is 176 cm³/mol. The van der Waals surface area contributed by atoms with Crippen molar-refractivity contribution in [1.29, 1.82) is 0 Å². The fraction of sp³-hybridized carbons (Fsp3) is 0.351. The molecule has 1 amide bonds. The third kappa shape index (κ3) is 8.26. The van der Waals surface area contributed by atoms with Gasteiger partial charge in [-0.3, -0.25) is 9.59 Å². The van der Waals surface area contributed by atoms with Crippen LogP contribution in [-0.4, -0.2) is 34.9 Å². The summed E-state index contributed by atoms with van der Waals surface area (Å²) < 4.78 is 11.4. The van der Waals surface area contributed by atoms with Crippen LogP contribution < -0.4 is 15.4 Å². The topological polar surface area (TPSA) is 108 Å². The van der Waals surface area contributed by atoms with Gasteiger partial charge in [-0.05, 0) is 80.8 Å². The van der Waals surface area contributed by atoms with Crippen LogP contribution in [0.4, 0.5) is 5.69 Å². The molecule has 1 aliphatic heterocycles. The van der Waals surface area contributed by atoms with Crippen molar-refractivity contribution < 1.29 is 19.1 Å². The predicted octanol–water partition coefficient (Wildman–Crippen LogP) is 6.68. The quantitative estimate of drug-likeness (QED) is 0.201. The molecule has 0 atom stereocenters. The molecule has 1 saturated heterocycles. The normalized spacial score (nSPS) is 13.8. The second-order valence-corrected chi connectivity index (χ2v) is 12.7. The molecule has 0 saturated carbocycles. The first-order valence-corrected chi connectivity index (χ1v) is 15.5. The summed E-state index contributed by atoms with van der Waals surface area (Å²) in [5.41, 5.74) is 11.4. The highest BCUT2D eigenvalue weighted by molar-refractivity contribution is 5.93. The molecule has 5 rings (SSSR count). The van der Waals surface area contributed by atoms with Crippen molar-refractivity contribution in [3.05, 3.63) is 107 Å². The number of anilines is 1. The van der Waals surface area contributed by atoms with Crippen LogP contribution in [0.15, 0.2) is 78.9 Å². The largest absolute Gasteiger partial charge is 0.485 e. The first-order chi connectivity index (χ1) is 21.6. The van der Waals surface area contributed by atoms with E-state index in [9.17, 15) is 9.59 Å². The number of piperidine rings is 1. The molecule has 2 heterocycles. The molecule has 0 radical (unpaired) electrons. The van der Waals surface area contributed by atoms with Gasteiger partial charge in [-0.25, -0.2) is 9.97 Å². The van der Waals surface area contributed by atoms with Crippen molar-refractivity contribution in [1.82, 2.24) is 9.97 Å². The summed E-state index contributed by atoms with van der Waals surface area (Å²) >= 11 is 0. The van der Waals surface area contributed by atoms with E-state index < -0.39 is 11.3 Å². The van der Waals surface area contributed by atoms with Crippen LogP contribution in [0.2, 0.25) is 0 Å². The number of rotatable bonds is 10. The van der Waals surface area contributed by atoms with E-state index >= 15 is 0 Å². The summed E-state index contributed by atoms with van der Waals surface area (Å²) in [5, 5.41) is 0. The van der Waals surface area contributed by atoms with Crippen molar-refractivity contribution in [3.8, 4) is 16.9 Å². The molecule has 4 aromatic rings. The zero-order valence-corrected chi connectivity index (χ0v) is 26.6. The molecule has 8 nitrogen and oxygen atoms in total. The Labute approximate surface area is 265 Å². The van der Waals surface area contributed by atoms with E-state index in [2.05, 4.69) is 46.3 Å². The van der Waals surface area contributed by atoms with Gasteiger partial charge in [0.05, 0.1) is 11.1 Å². The Hall–Kier alpha value is -4.72. The highest BCUT2D eigenvalue weighted by atomic mass is 16.5. The Morgan fingerprint density at radius 2 is 1.44 bits per heavy atom. The number of aromatic nitrogens is 2. The van der Waals surface area contributed by atoms with Gasteiger partial charge in [0.1, 0.15) is 19.0 Å². The molecule has 45 heavy (non-hydrogen) atoms. The first kappa shape index (κ1) is 31.7. The molecule has 3 aromatic carbocycles. The number of carbonyl (C=O) groups excluding carboxylic acids is 2. The Morgan fingerprint density at radius 3 is 2.04 bits per heavy atom. The lowest BCUT2D eigenvalue weighted by atomic mass is 9.92. The standard InChI is InChI=1S/C37H42N4O4/c1-25-34(44-23-27-8-6-5-7-9-27)33(35(38)42)40-32(39-25)22-26-18-20-41(21-19-26)31-16-14-30(15-17-31)29-12-10-28(11-13-29)24-45-36(43)37(2,3)4/h5-17,26H,18-24H2,1-4H3,(H2,38,42). The molecular formula is C37H42N4O4. The van der Waals surface area contributed by atoms with Crippen LogP contribution in [0.1, 0.15) is 66.7 Å². The van der Waals surface area contributed by atoms with Gasteiger partial charge in [0.25, 0.3) is 5.91 Å². The maximum atomic E-state index is 12.3. The van der Waals surface area contributed by atoms with E-state index in [1.807, 2.05) is 70.2 Å². The number of primary amides is 1. The van der Waals surface area contributed by atoms with Crippen LogP contribution in [0.25, 0.3) is 11.1 Å². The molecule has 8 heteroatoms. The first-order valence-electron chi connectivity index (χ1n) is 15.5. The summed E-state index contributed by atoms with van der Waals surface area (Å²) in [6, 6.07) is 26.6. The number of aryl methyl sites for hydroxylation is 1. The summed E-state index contributed by atoms with van der Waals surface area (Å²) in [4.78, 5) is 36.0. The van der Waals surface area contributed by atoms with Crippen molar-refractivity contribution in [3.63, 3.8) is 0 Å². The van der Waals surface area contributed by atoms with Crippen LogP contribution in [0.3, 0.4) is 0 Å². The lowest BCUT2D eigenvalue weighted by Gasteiger charge is -2.33. The molecule has 2 N–H and O–H groups in total. The molecule has 0 aliphatic carbocycles. The number of nitrogens with two attached hydrogens (primary N) is 1. The lowest BCUT2D eigenvalue weighted by molar-refractivity contribution is -0.154. The molecule has 1 aromatic heterocycles. The summed E-state index contributed by atoms with van der Waals surface area (Å²) in [6.07, 6.45) is 2.70. The number of amides is 1. The van der Waals surface area contributed by atoms with Gasteiger partial charge in [0.15, 0.2) is 11.4 Å². The second-order valence-electron chi connectivity index (χ2n) is 12.7. The zero-order chi connectivity index (χ0) is 32.0. The third-order valence-corrected chi connectivity index (χ3v) is 8.13. The minimum Gasteiger partial charge on any atom is -0.485 e. The number of carbonyl (C=O) groups is 2. The van der Waals surface area contributed by atoms with E-state index in [-0.39, 0.29) is 18.3 Å². The van der Waals surface area contributed by atoms with E-state index in [1.54, 1.807) is 0 Å². The monoisotopic (exact) mass is 606 g/mol. The van der Waals surface area contributed by atoms with E-state index in [1.165, 1.54) is 5.69 Å². The third-order valence-electron chi connectivity index (χ3n) is 8.13. The van der Waals surface area contributed by atoms with Crippen LogP contribution in [0.5, 0.6) is 5.75 Å². The average Bonchev–Trinajstić information content (AvgIpc) is 3.03. The van der Waals surface area contributed by atoms with E-state index in [0.29, 0.717) is 36.2 Å². The second kappa shape index (κ2) is 13.9. The van der Waals surface area contributed by atoms with E-state index in [0.717, 1.165) is 48.2 Å². The number of hydrogen-bond donors (Lipinski definition) is 1. The van der Waals surface area contributed by atoms with Gasteiger partial charge in [0, 0.05) is 25.2 Å². The number of ether oxygens (including phenoxy) is 2. The minimum atomic E-state index is -0.611. The van der Waals surface area contributed by atoms with Gasteiger partial charge >= 0.3 is 5.97 Å². The zero-order valence-electron chi connectivity index (χ0n) is 26.6. The smallest absolute Gasteiger partial charge is 0.311 e. The van der Waals surface area contributed by atoms with E-state index in [4.69, 9.17) is 20.2 Å². The van der Waals surface area contributed by atoms with Gasteiger partial charge in [-0.15, -0.1) is 0 Å². The van der Waals surface area contributed by atoms with Gasteiger partial charge in [-0.1, -0.05) is 66.7 Å². The van der Waals surface area contributed by atoms with Crippen molar-refractivity contribution >= 4 is 17.6 Å². The minimum absolute atomic E-state index is 0.143. The molecule has 1 fully saturated rings. The molecule has 0 bridgehead atoms. The molecule has 0 spiro atoms. The van der Waals surface area contributed by atoms with Gasteiger partial charge in [-0.2, -0.15) is 0 Å². The lowest BCUT2D eigenvalue weighted by Crippen LogP contribution is -2.34. The SMILES string of the molecule is Cc1nc(CC2CCN(c3ccc(-c4ccc(COC(=O)C(C)(C)C)cc4)cc3)CC2)nc(C(N)=O)c1OCc1ccccc1.